The second-order valence-electron chi connectivity index (χ2n) is 8.77. The van der Waals surface area contributed by atoms with Crippen molar-refractivity contribution in [1.82, 2.24) is 26.0 Å². The van der Waals surface area contributed by atoms with E-state index in [1.807, 2.05) is 0 Å². The Labute approximate surface area is 181 Å². The highest BCUT2D eigenvalue weighted by Gasteiger charge is 2.75. The minimum absolute atomic E-state index is 0.0177. The second kappa shape index (κ2) is 8.02. The zero-order valence-electron chi connectivity index (χ0n) is 17.4. The van der Waals surface area contributed by atoms with Gasteiger partial charge in [-0.3, -0.25) is 9.59 Å². The van der Waals surface area contributed by atoms with Gasteiger partial charge in [0, 0.05) is 11.2 Å². The van der Waals surface area contributed by atoms with Crippen LogP contribution in [0.25, 0.3) is 0 Å². The molecule has 2 aliphatic carbocycles. The molecular formula is C18H25N5O7S. The molecular weight excluding hydrogens is 430 g/mol. The van der Waals surface area contributed by atoms with E-state index in [0.717, 1.165) is 0 Å². The molecule has 2 aliphatic rings. The second-order valence-corrected chi connectivity index (χ2v) is 10.0. The first-order chi connectivity index (χ1) is 14.4. The molecule has 0 spiro atoms. The molecule has 1 aromatic heterocycles. The number of carbonyl (C=O) groups excluding carboxylic acids is 2. The first-order valence-electron chi connectivity index (χ1n) is 9.66. The van der Waals surface area contributed by atoms with Gasteiger partial charge in [-0.25, -0.2) is 9.59 Å². The Kier molecular flexibility index (Phi) is 5.91. The van der Waals surface area contributed by atoms with Gasteiger partial charge in [-0.05, 0) is 40.0 Å². The number of thioether (sulfide) groups is 1. The van der Waals surface area contributed by atoms with E-state index in [2.05, 4.69) is 26.0 Å². The highest BCUT2D eigenvalue weighted by Crippen LogP contribution is 2.65. The normalized spacial score (nSPS) is 30.1. The Morgan fingerprint density at radius 2 is 2.00 bits per heavy atom. The molecule has 31 heavy (non-hydrogen) atoms. The van der Waals surface area contributed by atoms with E-state index in [-0.39, 0.29) is 11.7 Å². The monoisotopic (exact) mass is 455 g/mol. The highest BCUT2D eigenvalue weighted by atomic mass is 32.2. The van der Waals surface area contributed by atoms with Crippen molar-refractivity contribution in [3.63, 3.8) is 0 Å². The van der Waals surface area contributed by atoms with Crippen LogP contribution >= 0.6 is 11.8 Å². The van der Waals surface area contributed by atoms with Gasteiger partial charge in [0.1, 0.15) is 22.2 Å². The lowest BCUT2D eigenvalue weighted by Gasteiger charge is -2.31. The average molecular weight is 455 g/mol. The number of ether oxygens (including phenoxy) is 1. The maximum absolute atomic E-state index is 12.7. The summed E-state index contributed by atoms with van der Waals surface area (Å²) in [6.07, 6.45) is 0.659. The maximum atomic E-state index is 12.7. The lowest BCUT2D eigenvalue weighted by molar-refractivity contribution is -0.150. The van der Waals surface area contributed by atoms with E-state index in [9.17, 15) is 29.4 Å². The van der Waals surface area contributed by atoms with Crippen LogP contribution in [0.2, 0.25) is 0 Å². The number of carboxylic acids is 2. The Hall–Kier alpha value is -2.83. The number of hydrogen-bond acceptors (Lipinski definition) is 8. The number of amides is 2. The van der Waals surface area contributed by atoms with Gasteiger partial charge in [-0.2, -0.15) is 10.3 Å². The molecule has 13 heteroatoms. The number of fused-ring (bicyclic) bond motifs is 1. The number of carbonyl (C=O) groups is 4. The maximum Gasteiger partial charge on any atom is 0.408 e. The van der Waals surface area contributed by atoms with E-state index in [4.69, 9.17) is 4.74 Å². The van der Waals surface area contributed by atoms with Crippen LogP contribution in [0, 0.1) is 17.8 Å². The molecule has 3 rings (SSSR count). The fourth-order valence-corrected chi connectivity index (χ4v) is 5.52. The first kappa shape index (κ1) is 22.8. The van der Waals surface area contributed by atoms with Crippen LogP contribution in [0.4, 0.5) is 4.79 Å². The minimum Gasteiger partial charge on any atom is -0.481 e. The average Bonchev–Trinajstić information content (AvgIpc) is 3.03. The standard InChI is InChI=1S/C18H25N5O7S/c1-7(20-16(29)30-17(2,3)4)13(24)21-18(15(27)28)5-8(31-9-6-19-23-22-9)10-11(12(10)18)14(25)26/h6-8,10-12H,5H2,1-4H3,(H,20,29)(H,21,24)(H,25,26)(H,27,28)(H,19,22,23)/t7-,8+,10-,11-,12-,18-/m0/s1. The molecule has 0 saturated heterocycles. The van der Waals surface area contributed by atoms with Crippen LogP contribution in [0.15, 0.2) is 11.2 Å². The van der Waals surface area contributed by atoms with Gasteiger partial charge < -0.3 is 25.6 Å². The Balaban J connectivity index is 1.76. The van der Waals surface area contributed by atoms with Crippen molar-refractivity contribution in [2.45, 2.75) is 61.6 Å². The third-order valence-corrected chi connectivity index (χ3v) is 6.62. The minimum atomic E-state index is -1.77. The van der Waals surface area contributed by atoms with E-state index in [1.165, 1.54) is 24.9 Å². The molecule has 1 heterocycles. The van der Waals surface area contributed by atoms with Crippen molar-refractivity contribution in [3.8, 4) is 0 Å². The molecule has 5 N–H and O–H groups in total. The molecule has 0 bridgehead atoms. The Morgan fingerprint density at radius 1 is 1.32 bits per heavy atom. The molecule has 1 aromatic rings. The number of hydrogen-bond donors (Lipinski definition) is 5. The fourth-order valence-electron chi connectivity index (χ4n) is 4.16. The third kappa shape index (κ3) is 4.60. The third-order valence-electron chi connectivity index (χ3n) is 5.40. The van der Waals surface area contributed by atoms with Gasteiger partial charge in [0.25, 0.3) is 0 Å². The number of alkyl carbamates (subject to hydrolysis) is 1. The number of nitrogens with zero attached hydrogens (tertiary/aromatic N) is 2. The van der Waals surface area contributed by atoms with Crippen LogP contribution in [-0.2, 0) is 19.1 Å². The summed E-state index contributed by atoms with van der Waals surface area (Å²) in [6, 6.07) is -1.09. The predicted molar refractivity (Wildman–Crippen MR) is 106 cm³/mol. The number of rotatable bonds is 7. The van der Waals surface area contributed by atoms with Crippen molar-refractivity contribution in [3.05, 3.63) is 6.20 Å². The topological polar surface area (TPSA) is 184 Å². The Morgan fingerprint density at radius 3 is 2.52 bits per heavy atom. The summed E-state index contributed by atoms with van der Waals surface area (Å²) >= 11 is 1.23. The number of aromatic nitrogens is 3. The van der Waals surface area contributed by atoms with E-state index in [0.29, 0.717) is 5.03 Å². The van der Waals surface area contributed by atoms with Gasteiger partial charge >= 0.3 is 18.0 Å². The van der Waals surface area contributed by atoms with Crippen molar-refractivity contribution >= 4 is 35.7 Å². The summed E-state index contributed by atoms with van der Waals surface area (Å²) < 4.78 is 5.11. The molecule has 2 amide bonds. The smallest absolute Gasteiger partial charge is 0.408 e. The van der Waals surface area contributed by atoms with Crippen molar-refractivity contribution in [2.24, 2.45) is 17.8 Å². The van der Waals surface area contributed by atoms with E-state index < -0.39 is 58.9 Å². The van der Waals surface area contributed by atoms with Crippen molar-refractivity contribution in [1.29, 1.82) is 0 Å². The summed E-state index contributed by atoms with van der Waals surface area (Å²) in [5, 5.41) is 34.7. The molecule has 0 aromatic carbocycles. The van der Waals surface area contributed by atoms with Gasteiger partial charge in [0.15, 0.2) is 0 Å². The molecule has 12 nitrogen and oxygen atoms in total. The highest BCUT2D eigenvalue weighted by molar-refractivity contribution is 7.99. The first-order valence-corrected chi connectivity index (χ1v) is 10.5. The lowest BCUT2D eigenvalue weighted by Crippen LogP contribution is -2.60. The fraction of sp³-hybridized carbons (Fsp3) is 0.667. The number of carboxylic acid groups (broad SMARTS) is 2. The molecule has 6 atom stereocenters. The van der Waals surface area contributed by atoms with Crippen LogP contribution in [0.5, 0.6) is 0 Å². The quantitative estimate of drug-likeness (QED) is 0.387. The van der Waals surface area contributed by atoms with E-state index in [1.54, 1.807) is 20.8 Å². The predicted octanol–water partition coefficient (Wildman–Crippen LogP) is 0.469. The van der Waals surface area contributed by atoms with E-state index >= 15 is 0 Å². The van der Waals surface area contributed by atoms with Crippen molar-refractivity contribution in [2.75, 3.05) is 0 Å². The number of nitrogens with one attached hydrogen (secondary N) is 3. The summed E-state index contributed by atoms with van der Waals surface area (Å²) in [7, 11) is 0. The van der Waals surface area contributed by atoms with Crippen LogP contribution in [-0.4, -0.2) is 72.0 Å². The van der Waals surface area contributed by atoms with Crippen LogP contribution < -0.4 is 10.6 Å². The molecule has 0 radical (unpaired) electrons. The summed E-state index contributed by atoms with van der Waals surface area (Å²) in [5.41, 5.74) is -2.54. The SMILES string of the molecule is C[C@H](NC(=O)OC(C)(C)C)C(=O)N[C@@]1(C(=O)O)C[C@@H](Sc2cn[nH]n2)[C@H]2[C@H](C(=O)O)[C@H]21. The van der Waals surface area contributed by atoms with Crippen LogP contribution in [0.1, 0.15) is 34.1 Å². The molecule has 2 saturated carbocycles. The number of aromatic amines is 1. The number of aliphatic carboxylic acids is 2. The molecule has 0 aliphatic heterocycles. The van der Waals surface area contributed by atoms with Crippen LogP contribution in [0.3, 0.4) is 0 Å². The lowest BCUT2D eigenvalue weighted by atomic mass is 9.89. The summed E-state index contributed by atoms with van der Waals surface area (Å²) in [5.74, 6) is -5.28. The summed E-state index contributed by atoms with van der Waals surface area (Å²) in [4.78, 5) is 48.7. The number of H-pyrrole nitrogens is 1. The molecule has 170 valence electrons. The van der Waals surface area contributed by atoms with Crippen molar-refractivity contribution < 1.29 is 34.1 Å². The van der Waals surface area contributed by atoms with Gasteiger partial charge in [-0.1, -0.05) is 11.8 Å². The van der Waals surface area contributed by atoms with Gasteiger partial charge in [0.05, 0.1) is 12.1 Å². The molecule has 2 fully saturated rings. The van der Waals surface area contributed by atoms with Gasteiger partial charge in [-0.15, -0.1) is 5.10 Å². The summed E-state index contributed by atoms with van der Waals surface area (Å²) in [6.45, 7) is 6.40. The molecule has 0 unspecified atom stereocenters. The Bertz CT molecular complexity index is 886. The largest absolute Gasteiger partial charge is 0.481 e. The van der Waals surface area contributed by atoms with Gasteiger partial charge in [0.2, 0.25) is 5.91 Å². The zero-order chi connectivity index (χ0) is 23.1. The zero-order valence-corrected chi connectivity index (χ0v) is 18.2.